The third-order valence-electron chi connectivity index (χ3n) is 3.36. The van der Waals surface area contributed by atoms with Crippen molar-refractivity contribution < 1.29 is 5.11 Å². The molecule has 100 valence electrons. The minimum absolute atomic E-state index is 0.0345. The number of imidazole rings is 1. The number of aromatic nitrogens is 2. The summed E-state index contributed by atoms with van der Waals surface area (Å²) in [5.74, 6) is 1.07. The zero-order valence-electron chi connectivity index (χ0n) is 10.5. The molecule has 0 radical (unpaired) electrons. The molecule has 4 nitrogen and oxygen atoms in total. The van der Waals surface area contributed by atoms with Gasteiger partial charge in [-0.2, -0.15) is 0 Å². The van der Waals surface area contributed by atoms with Gasteiger partial charge in [0.1, 0.15) is 5.82 Å². The van der Waals surface area contributed by atoms with E-state index in [-0.39, 0.29) is 6.61 Å². The highest BCUT2D eigenvalue weighted by molar-refractivity contribution is 9.10. The van der Waals surface area contributed by atoms with Gasteiger partial charge in [0.25, 0.3) is 0 Å². The number of halogens is 1. The first-order chi connectivity index (χ1) is 9.28. The number of nitrogens with one attached hydrogen (secondary N) is 1. The Balaban J connectivity index is 1.70. The lowest BCUT2D eigenvalue weighted by Gasteiger charge is -2.10. The second-order valence-electron chi connectivity index (χ2n) is 4.80. The Morgan fingerprint density at radius 1 is 1.42 bits per heavy atom. The largest absolute Gasteiger partial charge is 0.392 e. The Kier molecular flexibility index (Phi) is 3.57. The zero-order chi connectivity index (χ0) is 13.2. The summed E-state index contributed by atoms with van der Waals surface area (Å²) in [5, 5.41) is 12.6. The van der Waals surface area contributed by atoms with Gasteiger partial charge in [-0.15, -0.1) is 0 Å². The van der Waals surface area contributed by atoms with Gasteiger partial charge in [-0.3, -0.25) is 0 Å². The van der Waals surface area contributed by atoms with Gasteiger partial charge in [-0.25, -0.2) is 4.98 Å². The third-order valence-corrected chi connectivity index (χ3v) is 4.13. The molecule has 0 unspecified atom stereocenters. The minimum Gasteiger partial charge on any atom is -0.392 e. The van der Waals surface area contributed by atoms with Gasteiger partial charge in [0.15, 0.2) is 0 Å². The van der Waals surface area contributed by atoms with Crippen LogP contribution < -0.4 is 5.32 Å². The van der Waals surface area contributed by atoms with E-state index in [9.17, 15) is 5.11 Å². The Bertz CT molecular complexity index is 578. The maximum absolute atomic E-state index is 9.25. The van der Waals surface area contributed by atoms with Crippen LogP contribution in [0.4, 0.5) is 5.69 Å². The van der Waals surface area contributed by atoms with Crippen LogP contribution >= 0.6 is 15.9 Å². The van der Waals surface area contributed by atoms with Gasteiger partial charge in [0, 0.05) is 28.6 Å². The number of benzene rings is 1. The van der Waals surface area contributed by atoms with Gasteiger partial charge < -0.3 is 15.0 Å². The van der Waals surface area contributed by atoms with E-state index >= 15 is 0 Å². The van der Waals surface area contributed by atoms with E-state index in [4.69, 9.17) is 0 Å². The number of anilines is 1. The second kappa shape index (κ2) is 5.35. The monoisotopic (exact) mass is 321 g/mol. The van der Waals surface area contributed by atoms with Crippen molar-refractivity contribution in [2.75, 3.05) is 5.32 Å². The number of hydrogen-bond donors (Lipinski definition) is 2. The molecular weight excluding hydrogens is 306 g/mol. The maximum atomic E-state index is 9.25. The molecule has 0 aliphatic heterocycles. The standard InChI is InChI=1S/C14H16BrN3O/c15-13-4-1-11(7-10(13)9-19)17-8-14-16-5-6-18(14)12-2-3-12/h1,4-7,12,17,19H,2-3,8-9H2. The highest BCUT2D eigenvalue weighted by Gasteiger charge is 2.25. The molecule has 1 aromatic carbocycles. The Labute approximate surface area is 120 Å². The van der Waals surface area contributed by atoms with Crippen molar-refractivity contribution in [3.63, 3.8) is 0 Å². The lowest BCUT2D eigenvalue weighted by Crippen LogP contribution is -2.07. The first kappa shape index (κ1) is 12.7. The molecule has 1 heterocycles. The fraction of sp³-hybridized carbons (Fsp3) is 0.357. The van der Waals surface area contributed by atoms with Crippen LogP contribution in [-0.2, 0) is 13.2 Å². The summed E-state index contributed by atoms with van der Waals surface area (Å²) in [6, 6.07) is 6.54. The molecule has 0 atom stereocenters. The van der Waals surface area contributed by atoms with Crippen molar-refractivity contribution in [1.29, 1.82) is 0 Å². The SMILES string of the molecule is OCc1cc(NCc2nccn2C2CC2)ccc1Br. The van der Waals surface area contributed by atoms with Crippen LogP contribution in [0.2, 0.25) is 0 Å². The van der Waals surface area contributed by atoms with Crippen molar-refractivity contribution >= 4 is 21.6 Å². The van der Waals surface area contributed by atoms with Crippen LogP contribution in [0.15, 0.2) is 35.1 Å². The molecule has 0 bridgehead atoms. The van der Waals surface area contributed by atoms with Crippen LogP contribution in [0.5, 0.6) is 0 Å². The molecule has 1 aliphatic rings. The summed E-state index contributed by atoms with van der Waals surface area (Å²) in [5.41, 5.74) is 1.88. The van der Waals surface area contributed by atoms with Crippen LogP contribution in [-0.4, -0.2) is 14.7 Å². The highest BCUT2D eigenvalue weighted by atomic mass is 79.9. The molecule has 1 saturated carbocycles. The van der Waals surface area contributed by atoms with E-state index in [0.29, 0.717) is 12.6 Å². The second-order valence-corrected chi connectivity index (χ2v) is 5.65. The van der Waals surface area contributed by atoms with Crippen molar-refractivity contribution in [3.8, 4) is 0 Å². The first-order valence-corrected chi connectivity index (χ1v) is 7.22. The summed E-state index contributed by atoms with van der Waals surface area (Å²) in [6.07, 6.45) is 6.43. The molecule has 0 saturated heterocycles. The van der Waals surface area contributed by atoms with Crippen molar-refractivity contribution in [2.45, 2.75) is 32.0 Å². The quantitative estimate of drug-likeness (QED) is 0.889. The van der Waals surface area contributed by atoms with E-state index in [1.165, 1.54) is 12.8 Å². The molecule has 1 aromatic heterocycles. The molecular formula is C14H16BrN3O. The van der Waals surface area contributed by atoms with Crippen molar-refractivity contribution in [3.05, 3.63) is 46.5 Å². The smallest absolute Gasteiger partial charge is 0.128 e. The number of aliphatic hydroxyl groups excluding tert-OH is 1. The Morgan fingerprint density at radius 3 is 3.00 bits per heavy atom. The van der Waals surface area contributed by atoms with Crippen LogP contribution in [0, 0.1) is 0 Å². The van der Waals surface area contributed by atoms with Crippen LogP contribution in [0.25, 0.3) is 0 Å². The summed E-state index contributed by atoms with van der Waals surface area (Å²) < 4.78 is 3.18. The zero-order valence-corrected chi connectivity index (χ0v) is 12.1. The molecule has 0 spiro atoms. The van der Waals surface area contributed by atoms with Crippen molar-refractivity contribution in [1.82, 2.24) is 9.55 Å². The average molecular weight is 322 g/mol. The molecule has 2 aromatic rings. The lowest BCUT2D eigenvalue weighted by atomic mass is 10.2. The molecule has 0 amide bonds. The fourth-order valence-electron chi connectivity index (χ4n) is 2.15. The van der Waals surface area contributed by atoms with Gasteiger partial charge in [0.2, 0.25) is 0 Å². The maximum Gasteiger partial charge on any atom is 0.128 e. The molecule has 3 rings (SSSR count). The first-order valence-electron chi connectivity index (χ1n) is 6.43. The molecule has 19 heavy (non-hydrogen) atoms. The van der Waals surface area contributed by atoms with Gasteiger partial charge in [-0.05, 0) is 36.6 Å². The summed E-state index contributed by atoms with van der Waals surface area (Å²) in [7, 11) is 0. The lowest BCUT2D eigenvalue weighted by molar-refractivity contribution is 0.281. The molecule has 1 fully saturated rings. The predicted octanol–water partition coefficient (Wildman–Crippen LogP) is 3.08. The van der Waals surface area contributed by atoms with Crippen LogP contribution in [0.1, 0.15) is 30.3 Å². The van der Waals surface area contributed by atoms with Crippen LogP contribution in [0.3, 0.4) is 0 Å². The topological polar surface area (TPSA) is 50.1 Å². The van der Waals surface area contributed by atoms with E-state index in [1.807, 2.05) is 24.4 Å². The average Bonchev–Trinajstić information content (AvgIpc) is 3.17. The number of nitrogens with zero attached hydrogens (tertiary/aromatic N) is 2. The summed E-state index contributed by atoms with van der Waals surface area (Å²) >= 11 is 3.42. The summed E-state index contributed by atoms with van der Waals surface area (Å²) in [6.45, 7) is 0.739. The normalized spacial score (nSPS) is 14.6. The van der Waals surface area contributed by atoms with E-state index in [2.05, 4.69) is 37.0 Å². The van der Waals surface area contributed by atoms with Gasteiger partial charge in [-0.1, -0.05) is 15.9 Å². The number of hydrogen-bond acceptors (Lipinski definition) is 3. The fourth-order valence-corrected chi connectivity index (χ4v) is 2.52. The third kappa shape index (κ3) is 2.82. The van der Waals surface area contributed by atoms with Gasteiger partial charge >= 0.3 is 0 Å². The summed E-state index contributed by atoms with van der Waals surface area (Å²) in [4.78, 5) is 4.39. The van der Waals surface area contributed by atoms with E-state index in [1.54, 1.807) is 0 Å². The Hall–Kier alpha value is -1.33. The van der Waals surface area contributed by atoms with Gasteiger partial charge in [0.05, 0.1) is 13.2 Å². The number of rotatable bonds is 5. The minimum atomic E-state index is 0.0345. The molecule has 2 N–H and O–H groups in total. The number of aliphatic hydroxyl groups is 1. The Morgan fingerprint density at radius 2 is 2.26 bits per heavy atom. The van der Waals surface area contributed by atoms with Crippen molar-refractivity contribution in [2.24, 2.45) is 0 Å². The molecule has 5 heteroatoms. The molecule has 1 aliphatic carbocycles. The predicted molar refractivity (Wildman–Crippen MR) is 77.9 cm³/mol. The van der Waals surface area contributed by atoms with E-state index < -0.39 is 0 Å². The van der Waals surface area contributed by atoms with E-state index in [0.717, 1.165) is 21.5 Å². The highest BCUT2D eigenvalue weighted by Crippen LogP contribution is 2.35.